The van der Waals surface area contributed by atoms with Crippen molar-refractivity contribution in [2.24, 2.45) is 11.3 Å². The zero-order valence-corrected chi connectivity index (χ0v) is 15.6. The number of carboxylic acid groups (broad SMARTS) is 1. The van der Waals surface area contributed by atoms with E-state index in [-0.39, 0.29) is 12.5 Å². The van der Waals surface area contributed by atoms with E-state index in [2.05, 4.69) is 0 Å². The molecule has 0 bridgehead atoms. The molecule has 142 valence electrons. The topological polar surface area (TPSA) is 76.1 Å². The van der Waals surface area contributed by atoms with E-state index in [0.29, 0.717) is 55.5 Å². The molecular weight excluding hydrogens is 358 g/mol. The smallest absolute Gasteiger partial charge is 0.308 e. The Bertz CT molecular complexity index is 687. The van der Waals surface area contributed by atoms with Gasteiger partial charge in [0.15, 0.2) is 0 Å². The van der Waals surface area contributed by atoms with Crippen LogP contribution in [0.3, 0.4) is 0 Å². The third-order valence-corrected chi connectivity index (χ3v) is 5.66. The van der Waals surface area contributed by atoms with Crippen LogP contribution in [0.1, 0.15) is 36.5 Å². The van der Waals surface area contributed by atoms with E-state index in [0.717, 1.165) is 6.42 Å². The Hall–Kier alpha value is -1.79. The number of carbonyl (C=O) groups excluding carboxylic acids is 1. The minimum absolute atomic E-state index is 0.191. The van der Waals surface area contributed by atoms with Crippen LogP contribution in [0.5, 0.6) is 5.75 Å². The van der Waals surface area contributed by atoms with Crippen LogP contribution in [0, 0.1) is 11.3 Å². The second-order valence-electron chi connectivity index (χ2n) is 7.04. The SMILES string of the molecule is CCCOc1ccc(C(=O)N2CC(C(=O)O)C3(CCOCC3)C2)cc1Cl. The van der Waals surface area contributed by atoms with Crippen molar-refractivity contribution < 1.29 is 24.2 Å². The number of nitrogens with zero attached hydrogens (tertiary/aromatic N) is 1. The van der Waals surface area contributed by atoms with E-state index in [4.69, 9.17) is 21.1 Å². The summed E-state index contributed by atoms with van der Waals surface area (Å²) < 4.78 is 10.9. The van der Waals surface area contributed by atoms with Gasteiger partial charge in [0, 0.05) is 37.3 Å². The number of amides is 1. The number of carbonyl (C=O) groups is 2. The van der Waals surface area contributed by atoms with Gasteiger partial charge in [-0.2, -0.15) is 0 Å². The van der Waals surface area contributed by atoms with Gasteiger partial charge >= 0.3 is 5.97 Å². The molecule has 7 heteroatoms. The van der Waals surface area contributed by atoms with Crippen molar-refractivity contribution in [2.75, 3.05) is 32.9 Å². The average Bonchev–Trinajstić information content (AvgIpc) is 2.99. The molecule has 0 saturated carbocycles. The van der Waals surface area contributed by atoms with E-state index in [1.165, 1.54) is 0 Å². The summed E-state index contributed by atoms with van der Waals surface area (Å²) in [5.41, 5.74) is 0.0559. The van der Waals surface area contributed by atoms with E-state index in [1.807, 2.05) is 6.92 Å². The lowest BCUT2D eigenvalue weighted by Gasteiger charge is -2.36. The van der Waals surface area contributed by atoms with Crippen LogP contribution in [-0.4, -0.2) is 54.8 Å². The Morgan fingerprint density at radius 3 is 2.73 bits per heavy atom. The van der Waals surface area contributed by atoms with Gasteiger partial charge < -0.3 is 19.5 Å². The number of benzene rings is 1. The quantitative estimate of drug-likeness (QED) is 0.848. The predicted octanol–water partition coefficient (Wildman–Crippen LogP) is 3.08. The van der Waals surface area contributed by atoms with Gasteiger partial charge in [-0.25, -0.2) is 0 Å². The highest BCUT2D eigenvalue weighted by atomic mass is 35.5. The van der Waals surface area contributed by atoms with Crippen LogP contribution in [0.2, 0.25) is 5.02 Å². The number of likely N-dealkylation sites (tertiary alicyclic amines) is 1. The zero-order chi connectivity index (χ0) is 18.7. The lowest BCUT2D eigenvalue weighted by Crippen LogP contribution is -2.40. The van der Waals surface area contributed by atoms with Crippen molar-refractivity contribution in [3.05, 3.63) is 28.8 Å². The summed E-state index contributed by atoms with van der Waals surface area (Å²) in [5, 5.41) is 10.0. The Balaban J connectivity index is 1.77. The fourth-order valence-electron chi connectivity index (χ4n) is 3.89. The molecule has 0 aromatic heterocycles. The first kappa shape index (κ1) is 19.0. The van der Waals surface area contributed by atoms with Crippen LogP contribution >= 0.6 is 11.6 Å². The Morgan fingerprint density at radius 1 is 1.38 bits per heavy atom. The molecule has 2 saturated heterocycles. The monoisotopic (exact) mass is 381 g/mol. The standard InChI is InChI=1S/C19H24ClNO5/c1-2-7-26-16-4-3-13(10-15(16)20)17(22)21-11-14(18(23)24)19(12-21)5-8-25-9-6-19/h3-4,10,14H,2,5-9,11-12H2,1H3,(H,23,24). The fraction of sp³-hybridized carbons (Fsp3) is 0.579. The first-order chi connectivity index (χ1) is 12.5. The third kappa shape index (κ3) is 3.67. The van der Waals surface area contributed by atoms with Crippen molar-refractivity contribution in [3.8, 4) is 5.75 Å². The molecular formula is C19H24ClNO5. The maximum Gasteiger partial charge on any atom is 0.308 e. The van der Waals surface area contributed by atoms with Gasteiger partial charge in [0.2, 0.25) is 0 Å². The van der Waals surface area contributed by atoms with Crippen molar-refractivity contribution in [3.63, 3.8) is 0 Å². The highest BCUT2D eigenvalue weighted by Gasteiger charge is 2.52. The van der Waals surface area contributed by atoms with Gasteiger partial charge in [-0.15, -0.1) is 0 Å². The molecule has 1 N–H and O–H groups in total. The number of hydrogen-bond donors (Lipinski definition) is 1. The molecule has 3 rings (SSSR count). The number of halogens is 1. The largest absolute Gasteiger partial charge is 0.492 e. The number of carboxylic acids is 1. The molecule has 1 unspecified atom stereocenters. The van der Waals surface area contributed by atoms with Gasteiger partial charge in [-0.05, 0) is 37.5 Å². The van der Waals surface area contributed by atoms with Crippen LogP contribution in [0.4, 0.5) is 0 Å². The van der Waals surface area contributed by atoms with Crippen molar-refractivity contribution >= 4 is 23.5 Å². The molecule has 1 spiro atoms. The van der Waals surface area contributed by atoms with Gasteiger partial charge in [-0.1, -0.05) is 18.5 Å². The van der Waals surface area contributed by atoms with E-state index in [9.17, 15) is 14.7 Å². The number of aliphatic carboxylic acids is 1. The molecule has 2 aliphatic rings. The van der Waals surface area contributed by atoms with Crippen LogP contribution in [-0.2, 0) is 9.53 Å². The lowest BCUT2D eigenvalue weighted by atomic mass is 9.72. The Labute approximate surface area is 158 Å². The van der Waals surface area contributed by atoms with E-state index >= 15 is 0 Å². The summed E-state index contributed by atoms with van der Waals surface area (Å²) in [6.07, 6.45) is 2.20. The Morgan fingerprint density at radius 2 is 2.12 bits per heavy atom. The van der Waals surface area contributed by atoms with Gasteiger partial charge in [-0.3, -0.25) is 9.59 Å². The number of rotatable bonds is 5. The maximum absolute atomic E-state index is 12.9. The normalized spacial score (nSPS) is 21.8. The zero-order valence-electron chi connectivity index (χ0n) is 14.9. The summed E-state index contributed by atoms with van der Waals surface area (Å²) >= 11 is 6.23. The molecule has 2 heterocycles. The molecule has 1 aromatic carbocycles. The molecule has 6 nitrogen and oxygen atoms in total. The lowest BCUT2D eigenvalue weighted by molar-refractivity contribution is -0.146. The summed E-state index contributed by atoms with van der Waals surface area (Å²) in [7, 11) is 0. The van der Waals surface area contributed by atoms with Crippen molar-refractivity contribution in [1.29, 1.82) is 0 Å². The third-order valence-electron chi connectivity index (χ3n) is 5.36. The van der Waals surface area contributed by atoms with Crippen LogP contribution in [0.25, 0.3) is 0 Å². The summed E-state index contributed by atoms with van der Waals surface area (Å²) in [5.74, 6) is -1.04. The number of hydrogen-bond acceptors (Lipinski definition) is 4. The summed E-state index contributed by atoms with van der Waals surface area (Å²) in [6.45, 7) is 4.31. The van der Waals surface area contributed by atoms with Gasteiger partial charge in [0.05, 0.1) is 17.5 Å². The second-order valence-corrected chi connectivity index (χ2v) is 7.45. The molecule has 2 aliphatic heterocycles. The minimum Gasteiger partial charge on any atom is -0.492 e. The molecule has 0 radical (unpaired) electrons. The molecule has 0 aliphatic carbocycles. The first-order valence-corrected chi connectivity index (χ1v) is 9.37. The highest BCUT2D eigenvalue weighted by Crippen LogP contribution is 2.44. The molecule has 1 aromatic rings. The van der Waals surface area contributed by atoms with Gasteiger partial charge in [0.25, 0.3) is 5.91 Å². The predicted molar refractivity (Wildman–Crippen MR) is 96.8 cm³/mol. The second kappa shape index (κ2) is 7.84. The average molecular weight is 382 g/mol. The molecule has 1 atom stereocenters. The van der Waals surface area contributed by atoms with Crippen LogP contribution in [0.15, 0.2) is 18.2 Å². The molecule has 26 heavy (non-hydrogen) atoms. The molecule has 2 fully saturated rings. The molecule has 1 amide bonds. The van der Waals surface area contributed by atoms with Gasteiger partial charge in [0.1, 0.15) is 5.75 Å². The van der Waals surface area contributed by atoms with Crippen LogP contribution < -0.4 is 4.74 Å². The minimum atomic E-state index is -0.844. The number of ether oxygens (including phenoxy) is 2. The van der Waals surface area contributed by atoms with E-state index < -0.39 is 17.3 Å². The first-order valence-electron chi connectivity index (χ1n) is 8.99. The highest BCUT2D eigenvalue weighted by molar-refractivity contribution is 6.32. The Kier molecular flexibility index (Phi) is 5.73. The van der Waals surface area contributed by atoms with E-state index in [1.54, 1.807) is 23.1 Å². The fourth-order valence-corrected chi connectivity index (χ4v) is 4.13. The van der Waals surface area contributed by atoms with Crippen molar-refractivity contribution in [1.82, 2.24) is 4.90 Å². The maximum atomic E-state index is 12.9. The van der Waals surface area contributed by atoms with Crippen molar-refractivity contribution in [2.45, 2.75) is 26.2 Å². The summed E-state index contributed by atoms with van der Waals surface area (Å²) in [4.78, 5) is 26.3. The summed E-state index contributed by atoms with van der Waals surface area (Å²) in [6, 6.07) is 4.98.